The molecule has 0 saturated heterocycles. The van der Waals surface area contributed by atoms with Crippen molar-refractivity contribution < 1.29 is 33.7 Å². The molecule has 0 spiro atoms. The molecule has 0 saturated carbocycles. The van der Waals surface area contributed by atoms with E-state index in [-0.39, 0.29) is 21.5 Å². The first kappa shape index (κ1) is 24.0. The minimum absolute atomic E-state index is 0.228. The Hall–Kier alpha value is -1.12. The first-order valence-electron chi connectivity index (χ1n) is 8.00. The summed E-state index contributed by atoms with van der Waals surface area (Å²) in [4.78, 5) is -4.80. The van der Waals surface area contributed by atoms with Gasteiger partial charge >= 0.3 is 0 Å². The fourth-order valence-corrected chi connectivity index (χ4v) is 10.4. The van der Waals surface area contributed by atoms with Crippen molar-refractivity contribution in [2.24, 2.45) is 0 Å². The summed E-state index contributed by atoms with van der Waals surface area (Å²) in [5.41, 5.74) is 0. The molecular weight excluding hydrogens is 590 g/mol. The van der Waals surface area contributed by atoms with Crippen molar-refractivity contribution in [2.75, 3.05) is 0 Å². The van der Waals surface area contributed by atoms with Crippen LogP contribution in [-0.2, 0) is 36.2 Å². The molecule has 0 amide bonds. The lowest BCUT2D eigenvalue weighted by Crippen LogP contribution is -2.11. The number of halogens is 4. The van der Waals surface area contributed by atoms with E-state index in [9.17, 15) is 33.7 Å². The van der Waals surface area contributed by atoms with Gasteiger partial charge in [-0.05, 0) is 22.2 Å². The second-order valence-electron chi connectivity index (χ2n) is 6.56. The Kier molecular flexibility index (Phi) is 5.40. The molecule has 0 N–H and O–H groups in total. The van der Waals surface area contributed by atoms with Gasteiger partial charge in [-0.1, -0.05) is 30.3 Å². The Morgan fingerprint density at radius 2 is 1.03 bits per heavy atom. The normalized spacial score (nSPS) is 14.0. The predicted octanol–water partition coefficient (Wildman–Crippen LogP) is 4.29. The molecular formula is C16H6Cl4O8S4. The summed E-state index contributed by atoms with van der Waals surface area (Å²) in [6.07, 6.45) is 0. The van der Waals surface area contributed by atoms with E-state index < -0.39 is 61.2 Å². The summed E-state index contributed by atoms with van der Waals surface area (Å²) in [6, 6.07) is 8.23. The maximum atomic E-state index is 12.6. The van der Waals surface area contributed by atoms with E-state index >= 15 is 0 Å². The van der Waals surface area contributed by atoms with Gasteiger partial charge in [-0.15, -0.1) is 0 Å². The third kappa shape index (κ3) is 3.70. The number of rotatable bonds is 4. The molecule has 8 nitrogen and oxygen atoms in total. The van der Waals surface area contributed by atoms with Gasteiger partial charge in [0, 0.05) is 58.9 Å². The third-order valence-electron chi connectivity index (χ3n) is 4.74. The molecule has 0 aromatic heterocycles. The van der Waals surface area contributed by atoms with Crippen molar-refractivity contribution in [2.45, 2.75) is 19.6 Å². The Labute approximate surface area is 199 Å². The van der Waals surface area contributed by atoms with E-state index in [0.29, 0.717) is 5.39 Å². The van der Waals surface area contributed by atoms with Crippen molar-refractivity contribution in [3.05, 3.63) is 36.4 Å². The van der Waals surface area contributed by atoms with Gasteiger partial charge in [0.1, 0.15) is 14.7 Å². The highest BCUT2D eigenvalue weighted by Gasteiger charge is 2.39. The highest BCUT2D eigenvalue weighted by molar-refractivity contribution is 8.18. The molecule has 4 aromatic carbocycles. The highest BCUT2D eigenvalue weighted by Crippen LogP contribution is 2.49. The minimum atomic E-state index is -5.18. The van der Waals surface area contributed by atoms with Crippen molar-refractivity contribution in [3.8, 4) is 0 Å². The predicted molar refractivity (Wildman–Crippen MR) is 122 cm³/mol. The maximum absolute atomic E-state index is 12.6. The molecule has 0 aliphatic carbocycles. The zero-order valence-corrected chi connectivity index (χ0v) is 21.2. The van der Waals surface area contributed by atoms with Crippen molar-refractivity contribution in [1.82, 2.24) is 0 Å². The van der Waals surface area contributed by atoms with Gasteiger partial charge < -0.3 is 0 Å². The lowest BCUT2D eigenvalue weighted by Gasteiger charge is -2.20. The molecule has 0 atom stereocenters. The first-order valence-corrected chi connectivity index (χ1v) is 17.2. The lowest BCUT2D eigenvalue weighted by atomic mass is 9.94. The monoisotopic (exact) mass is 594 g/mol. The molecule has 0 aliphatic rings. The Morgan fingerprint density at radius 3 is 1.53 bits per heavy atom. The van der Waals surface area contributed by atoms with Crippen molar-refractivity contribution in [3.63, 3.8) is 0 Å². The fourth-order valence-electron chi connectivity index (χ4n) is 3.77. The van der Waals surface area contributed by atoms with Crippen LogP contribution < -0.4 is 0 Å². The summed E-state index contributed by atoms with van der Waals surface area (Å²) in [6.45, 7) is 0. The molecule has 0 radical (unpaired) electrons. The number of hydrogen-bond acceptors (Lipinski definition) is 8. The first-order chi connectivity index (χ1) is 14.4. The SMILES string of the molecule is O=S(=O)(Cl)c1c(S(=O)(=O)Cl)c2ccc3cccc4cc(S(=O)(=O)Cl)c(c1S(=O)(=O)Cl)c2c34. The molecule has 16 heteroatoms. The smallest absolute Gasteiger partial charge is 0.207 e. The fraction of sp³-hybridized carbons (Fsp3) is 0. The lowest BCUT2D eigenvalue weighted by molar-refractivity contribution is 0.590. The number of hydrogen-bond donors (Lipinski definition) is 0. The van der Waals surface area contributed by atoms with Crippen LogP contribution in [0.2, 0.25) is 0 Å². The summed E-state index contributed by atoms with van der Waals surface area (Å²) < 4.78 is 99.8. The quantitative estimate of drug-likeness (QED) is 0.252. The van der Waals surface area contributed by atoms with Crippen LogP contribution in [-0.4, -0.2) is 33.7 Å². The van der Waals surface area contributed by atoms with E-state index in [1.165, 1.54) is 12.1 Å². The molecule has 0 unspecified atom stereocenters. The van der Waals surface area contributed by atoms with Crippen LogP contribution in [0.15, 0.2) is 56.0 Å². The van der Waals surface area contributed by atoms with Gasteiger partial charge in [-0.3, -0.25) is 0 Å². The molecule has 0 heterocycles. The van der Waals surface area contributed by atoms with Gasteiger partial charge in [0.05, 0.1) is 4.90 Å². The van der Waals surface area contributed by atoms with E-state index in [1.807, 2.05) is 0 Å². The van der Waals surface area contributed by atoms with E-state index in [0.717, 1.165) is 12.1 Å². The van der Waals surface area contributed by atoms with Crippen LogP contribution >= 0.6 is 42.7 Å². The standard InChI is InChI=1S/C16H6Cl4O8S4/c17-29(21,22)10-6-8-3-1-2-7-4-5-9-12(11(7)8)13(10)15(31(19,25)26)16(32(20,27)28)14(9)30(18,23)24/h1-6H. The maximum Gasteiger partial charge on any atom is 0.264 e. The van der Waals surface area contributed by atoms with Crippen LogP contribution in [0.5, 0.6) is 0 Å². The summed E-state index contributed by atoms with van der Waals surface area (Å²) in [5.74, 6) is 0. The molecule has 0 fully saturated rings. The summed E-state index contributed by atoms with van der Waals surface area (Å²) in [5, 5.41) is -0.414. The Morgan fingerprint density at radius 1 is 0.500 bits per heavy atom. The van der Waals surface area contributed by atoms with E-state index in [1.54, 1.807) is 12.1 Å². The Balaban J connectivity index is 2.68. The van der Waals surface area contributed by atoms with Crippen LogP contribution in [0.1, 0.15) is 0 Å². The second-order valence-corrected chi connectivity index (χ2v) is 16.6. The third-order valence-corrected chi connectivity index (χ3v) is 10.4. The Bertz CT molecular complexity index is 1910. The summed E-state index contributed by atoms with van der Waals surface area (Å²) >= 11 is 0. The molecule has 170 valence electrons. The number of benzene rings is 4. The van der Waals surface area contributed by atoms with Crippen molar-refractivity contribution in [1.29, 1.82) is 0 Å². The molecule has 32 heavy (non-hydrogen) atoms. The van der Waals surface area contributed by atoms with E-state index in [4.69, 9.17) is 42.7 Å². The zero-order valence-electron chi connectivity index (χ0n) is 14.9. The van der Waals surface area contributed by atoms with Crippen LogP contribution in [0.4, 0.5) is 0 Å². The van der Waals surface area contributed by atoms with Crippen LogP contribution in [0.25, 0.3) is 32.3 Å². The minimum Gasteiger partial charge on any atom is -0.207 e. The average Bonchev–Trinajstić information content (AvgIpc) is 2.61. The van der Waals surface area contributed by atoms with Gasteiger partial charge in [0.15, 0.2) is 0 Å². The second kappa shape index (κ2) is 7.19. The largest absolute Gasteiger partial charge is 0.264 e. The zero-order chi connectivity index (χ0) is 24.0. The van der Waals surface area contributed by atoms with Crippen LogP contribution in [0, 0.1) is 0 Å². The van der Waals surface area contributed by atoms with Crippen molar-refractivity contribution >= 4 is 111 Å². The average molecular weight is 596 g/mol. The van der Waals surface area contributed by atoms with Gasteiger partial charge in [0.2, 0.25) is 0 Å². The topological polar surface area (TPSA) is 137 Å². The molecule has 4 aromatic rings. The summed E-state index contributed by atoms with van der Waals surface area (Å²) in [7, 11) is 2.00. The molecule has 0 bridgehead atoms. The van der Waals surface area contributed by atoms with Gasteiger partial charge in [-0.25, -0.2) is 33.7 Å². The van der Waals surface area contributed by atoms with Gasteiger partial charge in [-0.2, -0.15) is 0 Å². The highest BCUT2D eigenvalue weighted by atomic mass is 35.7. The van der Waals surface area contributed by atoms with Gasteiger partial charge in [0.25, 0.3) is 36.2 Å². The molecule has 0 aliphatic heterocycles. The van der Waals surface area contributed by atoms with Crippen LogP contribution in [0.3, 0.4) is 0 Å². The molecule has 4 rings (SSSR count). The van der Waals surface area contributed by atoms with E-state index in [2.05, 4.69) is 0 Å².